The van der Waals surface area contributed by atoms with Crippen molar-refractivity contribution in [3.8, 4) is 11.6 Å². The standard InChI is InChI=1S/C11H6BrClN2O3/c12-6-1-2-9(7(13)3-6)18-10-5-14-4-8(15-10)11(16)17/h1-5H,(H,16,17). The zero-order valence-corrected chi connectivity index (χ0v) is 11.1. The third-order valence-corrected chi connectivity index (χ3v) is 2.73. The zero-order valence-electron chi connectivity index (χ0n) is 8.80. The number of hydrogen-bond acceptors (Lipinski definition) is 4. The number of carboxylic acid groups (broad SMARTS) is 1. The monoisotopic (exact) mass is 328 g/mol. The molecule has 0 radical (unpaired) electrons. The molecule has 0 aliphatic heterocycles. The van der Waals surface area contributed by atoms with Crippen LogP contribution in [0.3, 0.4) is 0 Å². The minimum Gasteiger partial charge on any atom is -0.476 e. The third-order valence-electron chi connectivity index (χ3n) is 1.94. The lowest BCUT2D eigenvalue weighted by Crippen LogP contribution is -2.02. The van der Waals surface area contributed by atoms with Gasteiger partial charge < -0.3 is 9.84 Å². The van der Waals surface area contributed by atoms with Crippen LogP contribution in [0.1, 0.15) is 10.5 Å². The van der Waals surface area contributed by atoms with Gasteiger partial charge in [0, 0.05) is 4.47 Å². The van der Waals surface area contributed by atoms with Crippen LogP contribution in [0, 0.1) is 0 Å². The van der Waals surface area contributed by atoms with Crippen molar-refractivity contribution in [3.05, 3.63) is 45.8 Å². The highest BCUT2D eigenvalue weighted by molar-refractivity contribution is 9.10. The van der Waals surface area contributed by atoms with E-state index in [2.05, 4.69) is 25.9 Å². The van der Waals surface area contributed by atoms with E-state index in [-0.39, 0.29) is 11.6 Å². The Morgan fingerprint density at radius 1 is 1.39 bits per heavy atom. The van der Waals surface area contributed by atoms with Gasteiger partial charge >= 0.3 is 5.97 Å². The van der Waals surface area contributed by atoms with E-state index in [1.807, 2.05) is 0 Å². The van der Waals surface area contributed by atoms with E-state index in [0.29, 0.717) is 10.8 Å². The highest BCUT2D eigenvalue weighted by atomic mass is 79.9. The molecule has 5 nitrogen and oxygen atoms in total. The average molecular weight is 330 g/mol. The van der Waals surface area contributed by atoms with Crippen molar-refractivity contribution < 1.29 is 14.6 Å². The molecule has 2 aromatic rings. The Morgan fingerprint density at radius 3 is 2.83 bits per heavy atom. The molecular weight excluding hydrogens is 323 g/mol. The second-order valence-corrected chi connectivity index (χ2v) is 4.55. The van der Waals surface area contributed by atoms with Gasteiger partial charge in [0.15, 0.2) is 5.69 Å². The van der Waals surface area contributed by atoms with Gasteiger partial charge in [-0.2, -0.15) is 0 Å². The fourth-order valence-electron chi connectivity index (χ4n) is 1.17. The fourth-order valence-corrected chi connectivity index (χ4v) is 1.88. The average Bonchev–Trinajstić information content (AvgIpc) is 2.33. The zero-order chi connectivity index (χ0) is 13.1. The van der Waals surface area contributed by atoms with E-state index >= 15 is 0 Å². The quantitative estimate of drug-likeness (QED) is 0.934. The van der Waals surface area contributed by atoms with Gasteiger partial charge in [-0.1, -0.05) is 27.5 Å². The Bertz CT molecular complexity index is 607. The van der Waals surface area contributed by atoms with Crippen LogP contribution in [0.2, 0.25) is 5.02 Å². The number of benzene rings is 1. The molecule has 0 aliphatic rings. The summed E-state index contributed by atoms with van der Waals surface area (Å²) in [5.41, 5.74) is -0.194. The van der Waals surface area contributed by atoms with Crippen LogP contribution in [0.15, 0.2) is 35.1 Å². The molecule has 0 amide bonds. The molecule has 0 unspecified atom stereocenters. The number of carbonyl (C=O) groups is 1. The van der Waals surface area contributed by atoms with Crippen LogP contribution >= 0.6 is 27.5 Å². The van der Waals surface area contributed by atoms with Crippen LogP contribution in [0.5, 0.6) is 11.6 Å². The molecule has 0 spiro atoms. The minimum absolute atomic E-state index is 0.0686. The Morgan fingerprint density at radius 2 is 2.17 bits per heavy atom. The minimum atomic E-state index is -1.17. The molecule has 0 atom stereocenters. The fraction of sp³-hybridized carbons (Fsp3) is 0. The molecule has 2 rings (SSSR count). The van der Waals surface area contributed by atoms with Crippen molar-refractivity contribution in [2.45, 2.75) is 0 Å². The second-order valence-electron chi connectivity index (χ2n) is 3.22. The SMILES string of the molecule is O=C(O)c1cncc(Oc2ccc(Br)cc2Cl)n1. The van der Waals surface area contributed by atoms with E-state index in [0.717, 1.165) is 10.7 Å². The summed E-state index contributed by atoms with van der Waals surface area (Å²) in [6.45, 7) is 0. The summed E-state index contributed by atoms with van der Waals surface area (Å²) in [4.78, 5) is 18.2. The number of aromatic carboxylic acids is 1. The topological polar surface area (TPSA) is 72.3 Å². The Labute approximate surface area is 116 Å². The van der Waals surface area contributed by atoms with Crippen molar-refractivity contribution in [2.24, 2.45) is 0 Å². The van der Waals surface area contributed by atoms with Gasteiger partial charge in [-0.05, 0) is 18.2 Å². The molecule has 1 aromatic heterocycles. The van der Waals surface area contributed by atoms with Gasteiger partial charge in [-0.3, -0.25) is 4.98 Å². The first-order valence-corrected chi connectivity index (χ1v) is 5.91. The van der Waals surface area contributed by atoms with Gasteiger partial charge in [-0.15, -0.1) is 0 Å². The van der Waals surface area contributed by atoms with E-state index in [4.69, 9.17) is 21.4 Å². The molecular formula is C11H6BrClN2O3. The van der Waals surface area contributed by atoms with Gasteiger partial charge in [-0.25, -0.2) is 9.78 Å². The van der Waals surface area contributed by atoms with Gasteiger partial charge in [0.2, 0.25) is 5.88 Å². The Kier molecular flexibility index (Phi) is 3.78. The van der Waals surface area contributed by atoms with E-state index in [1.54, 1.807) is 18.2 Å². The maximum Gasteiger partial charge on any atom is 0.356 e. The smallest absolute Gasteiger partial charge is 0.356 e. The van der Waals surface area contributed by atoms with Gasteiger partial charge in [0.05, 0.1) is 17.4 Å². The van der Waals surface area contributed by atoms with Crippen molar-refractivity contribution in [2.75, 3.05) is 0 Å². The molecule has 0 aliphatic carbocycles. The lowest BCUT2D eigenvalue weighted by Gasteiger charge is -2.06. The lowest BCUT2D eigenvalue weighted by molar-refractivity contribution is 0.0689. The lowest BCUT2D eigenvalue weighted by atomic mass is 10.3. The van der Waals surface area contributed by atoms with E-state index in [9.17, 15) is 4.79 Å². The maximum absolute atomic E-state index is 10.7. The molecule has 1 aromatic carbocycles. The van der Waals surface area contributed by atoms with Crippen molar-refractivity contribution in [1.29, 1.82) is 0 Å². The number of rotatable bonds is 3. The van der Waals surface area contributed by atoms with Crippen molar-refractivity contribution >= 4 is 33.5 Å². The third kappa shape index (κ3) is 2.96. The van der Waals surface area contributed by atoms with Gasteiger partial charge in [0.1, 0.15) is 5.75 Å². The highest BCUT2D eigenvalue weighted by Crippen LogP contribution is 2.30. The summed E-state index contributed by atoms with van der Waals surface area (Å²) in [6, 6.07) is 5.04. The normalized spacial score (nSPS) is 10.1. The van der Waals surface area contributed by atoms with Crippen molar-refractivity contribution in [3.63, 3.8) is 0 Å². The Balaban J connectivity index is 2.28. The first kappa shape index (κ1) is 12.8. The number of hydrogen-bond donors (Lipinski definition) is 1. The predicted octanol–water partition coefficient (Wildman–Crippen LogP) is 3.38. The summed E-state index contributed by atoms with van der Waals surface area (Å²) in [5.74, 6) is -0.731. The first-order valence-electron chi connectivity index (χ1n) is 4.74. The number of ether oxygens (including phenoxy) is 1. The number of aromatic nitrogens is 2. The van der Waals surface area contributed by atoms with Crippen LogP contribution < -0.4 is 4.74 Å². The highest BCUT2D eigenvalue weighted by Gasteiger charge is 2.09. The summed E-state index contributed by atoms with van der Waals surface area (Å²) in [7, 11) is 0. The summed E-state index contributed by atoms with van der Waals surface area (Å²) in [5, 5.41) is 9.16. The molecule has 7 heteroatoms. The molecule has 92 valence electrons. The summed E-state index contributed by atoms with van der Waals surface area (Å²) >= 11 is 9.23. The molecule has 1 heterocycles. The van der Waals surface area contributed by atoms with Crippen molar-refractivity contribution in [1.82, 2.24) is 9.97 Å². The van der Waals surface area contributed by atoms with E-state index < -0.39 is 5.97 Å². The number of halogens is 2. The molecule has 0 fully saturated rings. The van der Waals surface area contributed by atoms with Crippen LogP contribution in [-0.4, -0.2) is 21.0 Å². The van der Waals surface area contributed by atoms with Gasteiger partial charge in [0.25, 0.3) is 0 Å². The van der Waals surface area contributed by atoms with Crippen LogP contribution in [-0.2, 0) is 0 Å². The summed E-state index contributed by atoms with van der Waals surface area (Å²) in [6.07, 6.45) is 2.45. The second kappa shape index (κ2) is 5.32. The molecule has 0 saturated carbocycles. The number of carboxylic acids is 1. The Hall–Kier alpha value is -1.66. The first-order chi connectivity index (χ1) is 8.56. The largest absolute Gasteiger partial charge is 0.476 e. The maximum atomic E-state index is 10.7. The number of nitrogens with zero attached hydrogens (tertiary/aromatic N) is 2. The predicted molar refractivity (Wildman–Crippen MR) is 68.2 cm³/mol. The van der Waals surface area contributed by atoms with Crippen LogP contribution in [0.4, 0.5) is 0 Å². The molecule has 0 bridgehead atoms. The summed E-state index contributed by atoms with van der Waals surface area (Å²) < 4.78 is 6.18. The molecule has 18 heavy (non-hydrogen) atoms. The van der Waals surface area contributed by atoms with E-state index in [1.165, 1.54) is 6.20 Å². The van der Waals surface area contributed by atoms with Crippen LogP contribution in [0.25, 0.3) is 0 Å². The molecule has 1 N–H and O–H groups in total. The molecule has 0 saturated heterocycles.